The van der Waals surface area contributed by atoms with Gasteiger partial charge in [0.25, 0.3) is 0 Å². The van der Waals surface area contributed by atoms with Crippen LogP contribution in [0.25, 0.3) is 0 Å². The molecule has 0 aromatic heterocycles. The van der Waals surface area contributed by atoms with Crippen LogP contribution in [0.2, 0.25) is 0 Å². The molecule has 170 valence electrons. The number of benzene rings is 1. The van der Waals surface area contributed by atoms with Crippen molar-refractivity contribution < 1.29 is 34.2 Å². The second-order valence-corrected chi connectivity index (χ2v) is 9.24. The summed E-state index contributed by atoms with van der Waals surface area (Å²) in [7, 11) is 3.11. The number of hydrogen-bond donors (Lipinski definition) is 3. The number of Topliss-reactive ketones (excluding diaryl/α,β-unsaturated/α-hetero) is 4. The van der Waals surface area contributed by atoms with Crippen molar-refractivity contribution in [2.45, 2.75) is 37.8 Å². The van der Waals surface area contributed by atoms with Gasteiger partial charge in [0.15, 0.2) is 34.7 Å². The van der Waals surface area contributed by atoms with Gasteiger partial charge in [-0.15, -0.1) is 0 Å². The molecule has 32 heavy (non-hydrogen) atoms. The van der Waals surface area contributed by atoms with Gasteiger partial charge in [0.1, 0.15) is 5.75 Å². The van der Waals surface area contributed by atoms with Crippen molar-refractivity contribution >= 4 is 29.0 Å². The summed E-state index contributed by atoms with van der Waals surface area (Å²) in [6, 6.07) is 2.04. The summed E-state index contributed by atoms with van der Waals surface area (Å²) in [4.78, 5) is 66.5. The Morgan fingerprint density at radius 3 is 2.41 bits per heavy atom. The van der Waals surface area contributed by atoms with Crippen molar-refractivity contribution in [2.24, 2.45) is 29.4 Å². The topological polar surface area (TPSA) is 155 Å². The monoisotopic (exact) mass is 442 g/mol. The molecule has 6 atom stereocenters. The van der Waals surface area contributed by atoms with Crippen molar-refractivity contribution in [1.29, 1.82) is 0 Å². The lowest BCUT2D eigenvalue weighted by atomic mass is 9.52. The SMILES string of the molecule is CCc1ccc(O)c2c1CC1CC3C(N(C)C)C(=O)C(C(N)=O)C(=O)C3(O)C(=O)C1C2=O. The highest BCUT2D eigenvalue weighted by molar-refractivity contribution is 6.32. The first kappa shape index (κ1) is 22.3. The highest BCUT2D eigenvalue weighted by atomic mass is 16.3. The summed E-state index contributed by atoms with van der Waals surface area (Å²) in [5, 5.41) is 21.8. The zero-order chi connectivity index (χ0) is 23.7. The zero-order valence-corrected chi connectivity index (χ0v) is 18.1. The predicted molar refractivity (Wildman–Crippen MR) is 111 cm³/mol. The standard InChI is InChI=1S/C23H26N2O7/c1-4-9-5-6-13(26)15-11(9)7-10-8-12-17(25(2)3)19(28)16(22(24)31)21(30)23(12,32)20(29)14(10)18(15)27/h5-6,10,12,14,16-17,26,32H,4,7-8H2,1-3H3,(H2,24,31). The minimum absolute atomic E-state index is 0.0379. The van der Waals surface area contributed by atoms with Crippen LogP contribution in [0.3, 0.4) is 0 Å². The lowest BCUT2D eigenvalue weighted by Gasteiger charge is -2.52. The zero-order valence-electron chi connectivity index (χ0n) is 18.1. The molecule has 0 aliphatic heterocycles. The van der Waals surface area contributed by atoms with Gasteiger partial charge in [0.05, 0.1) is 17.5 Å². The third kappa shape index (κ3) is 2.74. The fraction of sp³-hybridized carbons (Fsp3) is 0.522. The average molecular weight is 442 g/mol. The smallest absolute Gasteiger partial charge is 0.235 e. The number of amides is 1. The number of aryl methyl sites for hydroxylation is 1. The van der Waals surface area contributed by atoms with Crippen molar-refractivity contribution in [3.63, 3.8) is 0 Å². The molecule has 0 radical (unpaired) electrons. The molecule has 1 aromatic carbocycles. The fourth-order valence-electron chi connectivity index (χ4n) is 6.00. The van der Waals surface area contributed by atoms with E-state index in [1.165, 1.54) is 11.0 Å². The van der Waals surface area contributed by atoms with E-state index in [1.807, 2.05) is 6.92 Å². The first-order valence-electron chi connectivity index (χ1n) is 10.6. The Labute approximate surface area is 184 Å². The number of primary amides is 1. The number of nitrogens with zero attached hydrogens (tertiary/aromatic N) is 1. The number of nitrogens with two attached hydrogens (primary N) is 1. The quantitative estimate of drug-likeness (QED) is 0.526. The maximum Gasteiger partial charge on any atom is 0.235 e. The number of likely N-dealkylation sites (N-methyl/N-ethyl adjacent to an activating group) is 1. The van der Waals surface area contributed by atoms with Gasteiger partial charge in [-0.1, -0.05) is 13.0 Å². The van der Waals surface area contributed by atoms with Gasteiger partial charge in [-0.25, -0.2) is 0 Å². The molecule has 2 fully saturated rings. The first-order chi connectivity index (χ1) is 15.0. The van der Waals surface area contributed by atoms with Crippen molar-refractivity contribution in [2.75, 3.05) is 14.1 Å². The van der Waals surface area contributed by atoms with Crippen LogP contribution in [-0.2, 0) is 32.0 Å². The molecule has 6 unspecified atom stereocenters. The van der Waals surface area contributed by atoms with Crippen LogP contribution in [0.5, 0.6) is 5.75 Å². The van der Waals surface area contributed by atoms with Crippen LogP contribution < -0.4 is 5.73 Å². The van der Waals surface area contributed by atoms with Gasteiger partial charge in [0, 0.05) is 5.92 Å². The maximum atomic E-state index is 13.6. The van der Waals surface area contributed by atoms with Crippen LogP contribution in [-0.4, -0.2) is 69.9 Å². The van der Waals surface area contributed by atoms with E-state index < -0.39 is 64.4 Å². The van der Waals surface area contributed by atoms with E-state index in [2.05, 4.69) is 0 Å². The van der Waals surface area contributed by atoms with Gasteiger partial charge in [-0.3, -0.25) is 28.9 Å². The van der Waals surface area contributed by atoms with Gasteiger partial charge in [0.2, 0.25) is 5.91 Å². The number of fused-ring (bicyclic) bond motifs is 3. The van der Waals surface area contributed by atoms with Crippen molar-refractivity contribution in [3.8, 4) is 5.75 Å². The average Bonchev–Trinajstić information content (AvgIpc) is 2.70. The van der Waals surface area contributed by atoms with Crippen molar-refractivity contribution in [3.05, 3.63) is 28.8 Å². The molecule has 4 N–H and O–H groups in total. The fourth-order valence-corrected chi connectivity index (χ4v) is 6.00. The molecule has 4 rings (SSSR count). The number of rotatable bonds is 3. The Morgan fingerprint density at radius 1 is 1.19 bits per heavy atom. The molecule has 1 amide bonds. The Morgan fingerprint density at radius 2 is 1.84 bits per heavy atom. The van der Waals surface area contributed by atoms with E-state index in [1.54, 1.807) is 20.2 Å². The molecule has 1 aromatic rings. The van der Waals surface area contributed by atoms with Gasteiger partial charge >= 0.3 is 0 Å². The molecule has 3 aliphatic rings. The van der Waals surface area contributed by atoms with Gasteiger partial charge in [-0.05, 0) is 56.5 Å². The van der Waals surface area contributed by atoms with Crippen LogP contribution >= 0.6 is 0 Å². The summed E-state index contributed by atoms with van der Waals surface area (Å²) in [5.74, 6) is -10.1. The molecule has 3 aliphatic carbocycles. The number of ketones is 4. The number of phenols is 1. The number of carbonyl (C=O) groups excluding carboxylic acids is 5. The largest absolute Gasteiger partial charge is 0.507 e. The lowest BCUT2D eigenvalue weighted by molar-refractivity contribution is -0.181. The number of aromatic hydroxyl groups is 1. The van der Waals surface area contributed by atoms with E-state index in [-0.39, 0.29) is 17.7 Å². The van der Waals surface area contributed by atoms with E-state index in [0.29, 0.717) is 18.4 Å². The molecule has 0 bridgehead atoms. The molecule has 2 saturated carbocycles. The van der Waals surface area contributed by atoms with Crippen LogP contribution in [0.1, 0.15) is 34.8 Å². The normalized spacial score (nSPS) is 34.2. The van der Waals surface area contributed by atoms with E-state index in [0.717, 1.165) is 5.56 Å². The number of carbonyl (C=O) groups is 5. The third-order valence-electron chi connectivity index (χ3n) is 7.42. The Kier molecular flexibility index (Phi) is 5.09. The Bertz CT molecular complexity index is 1080. The van der Waals surface area contributed by atoms with Crippen molar-refractivity contribution in [1.82, 2.24) is 4.90 Å². The molecular formula is C23H26N2O7. The molecule has 0 spiro atoms. The number of hydrogen-bond acceptors (Lipinski definition) is 8. The minimum Gasteiger partial charge on any atom is -0.507 e. The predicted octanol–water partition coefficient (Wildman–Crippen LogP) is -0.571. The first-order valence-corrected chi connectivity index (χ1v) is 10.6. The molecule has 9 heteroatoms. The lowest BCUT2D eigenvalue weighted by Crippen LogP contribution is -2.74. The number of aliphatic hydroxyl groups is 1. The summed E-state index contributed by atoms with van der Waals surface area (Å²) >= 11 is 0. The summed E-state index contributed by atoms with van der Waals surface area (Å²) in [6.07, 6.45) is 0.971. The van der Waals surface area contributed by atoms with E-state index in [4.69, 9.17) is 5.73 Å². The van der Waals surface area contributed by atoms with Crippen LogP contribution in [0, 0.1) is 23.7 Å². The highest BCUT2D eigenvalue weighted by Crippen LogP contribution is 2.50. The molecule has 0 heterocycles. The maximum absolute atomic E-state index is 13.6. The molecule has 9 nitrogen and oxygen atoms in total. The molecular weight excluding hydrogens is 416 g/mol. The second kappa shape index (κ2) is 7.31. The van der Waals surface area contributed by atoms with E-state index in [9.17, 15) is 34.2 Å². The number of phenolic OH excluding ortho intramolecular Hbond substituents is 1. The minimum atomic E-state index is -2.69. The Hall–Kier alpha value is -2.91. The third-order valence-corrected chi connectivity index (χ3v) is 7.42. The van der Waals surface area contributed by atoms with Gasteiger partial charge < -0.3 is 15.9 Å². The summed E-state index contributed by atoms with van der Waals surface area (Å²) in [5.41, 5.74) is 4.16. The van der Waals surface area contributed by atoms with Crippen LogP contribution in [0.15, 0.2) is 12.1 Å². The highest BCUT2D eigenvalue weighted by Gasteiger charge is 2.69. The van der Waals surface area contributed by atoms with Gasteiger partial charge in [-0.2, -0.15) is 0 Å². The second-order valence-electron chi connectivity index (χ2n) is 9.24. The van der Waals surface area contributed by atoms with E-state index >= 15 is 0 Å². The summed E-state index contributed by atoms with van der Waals surface area (Å²) < 4.78 is 0. The summed E-state index contributed by atoms with van der Waals surface area (Å²) in [6.45, 7) is 1.92. The molecule has 0 saturated heterocycles. The van der Waals surface area contributed by atoms with Crippen LogP contribution in [0.4, 0.5) is 0 Å². The Balaban J connectivity index is 1.88.